The lowest BCUT2D eigenvalue weighted by Crippen LogP contribution is -2.46. The van der Waals surface area contributed by atoms with Crippen molar-refractivity contribution in [2.24, 2.45) is 0 Å². The van der Waals surface area contributed by atoms with E-state index in [1.165, 1.54) is 11.3 Å². The van der Waals surface area contributed by atoms with Crippen LogP contribution in [0.15, 0.2) is 22.2 Å². The molecule has 2 unspecified atom stereocenters. The molecule has 0 aliphatic carbocycles. The number of nitrogens with zero attached hydrogens (tertiary/aromatic N) is 3. The largest absolute Gasteiger partial charge is 0.392 e. The predicted octanol–water partition coefficient (Wildman–Crippen LogP) is 3.20. The van der Waals surface area contributed by atoms with Crippen molar-refractivity contribution in [2.45, 2.75) is 32.7 Å². The van der Waals surface area contributed by atoms with Crippen LogP contribution in [0.5, 0.6) is 0 Å². The summed E-state index contributed by atoms with van der Waals surface area (Å²) in [6, 6.07) is 1.74. The first-order chi connectivity index (χ1) is 12.1. The second-order valence-corrected chi connectivity index (χ2v) is 7.16. The highest BCUT2D eigenvalue weighted by Crippen LogP contribution is 2.38. The van der Waals surface area contributed by atoms with Gasteiger partial charge in [-0.25, -0.2) is 9.37 Å². The van der Waals surface area contributed by atoms with Gasteiger partial charge in [0.15, 0.2) is 5.82 Å². The Balaban J connectivity index is 1.87. The lowest BCUT2D eigenvalue weighted by molar-refractivity contribution is -0.00549. The number of anilines is 1. The van der Waals surface area contributed by atoms with Crippen molar-refractivity contribution in [2.75, 3.05) is 18.0 Å². The van der Waals surface area contributed by atoms with Crippen LogP contribution in [-0.2, 0) is 11.3 Å². The molecule has 6 nitrogen and oxygen atoms in total. The molecule has 2 atom stereocenters. The van der Waals surface area contributed by atoms with Crippen molar-refractivity contribution in [1.29, 1.82) is 0 Å². The van der Waals surface area contributed by atoms with E-state index in [0.29, 0.717) is 40.4 Å². The number of hydrogen-bond donors (Lipinski definition) is 1. The zero-order valence-electron chi connectivity index (χ0n) is 13.9. The summed E-state index contributed by atoms with van der Waals surface area (Å²) in [6.45, 7) is 4.73. The van der Waals surface area contributed by atoms with Gasteiger partial charge >= 0.3 is 0 Å². The number of hydrogen-bond acceptors (Lipinski definition) is 7. The lowest BCUT2D eigenvalue weighted by atomic mass is 10.1. The third-order valence-electron chi connectivity index (χ3n) is 4.30. The molecule has 3 heterocycles. The van der Waals surface area contributed by atoms with Gasteiger partial charge < -0.3 is 19.3 Å². The summed E-state index contributed by atoms with van der Waals surface area (Å²) in [4.78, 5) is 6.12. The highest BCUT2D eigenvalue weighted by Gasteiger charge is 2.29. The van der Waals surface area contributed by atoms with Crippen LogP contribution in [0.4, 0.5) is 10.1 Å². The van der Waals surface area contributed by atoms with Gasteiger partial charge in [-0.3, -0.25) is 0 Å². The van der Waals surface area contributed by atoms with Crippen molar-refractivity contribution in [1.82, 2.24) is 10.1 Å². The van der Waals surface area contributed by atoms with Gasteiger partial charge in [-0.1, -0.05) is 5.16 Å². The first-order valence-electron chi connectivity index (χ1n) is 8.10. The molecule has 0 spiro atoms. The van der Waals surface area contributed by atoms with Crippen LogP contribution in [0.25, 0.3) is 21.7 Å². The number of halogens is 1. The number of fused-ring (bicyclic) bond motifs is 1. The molecule has 0 saturated carbocycles. The topological polar surface area (TPSA) is 71.6 Å². The van der Waals surface area contributed by atoms with Crippen LogP contribution in [0.1, 0.15) is 19.4 Å². The quantitative estimate of drug-likeness (QED) is 0.771. The smallest absolute Gasteiger partial charge is 0.205 e. The number of aliphatic hydroxyl groups excluding tert-OH is 1. The highest BCUT2D eigenvalue weighted by molar-refractivity contribution is 7.13. The molecule has 1 aromatic carbocycles. The molecule has 132 valence electrons. The molecule has 0 radical (unpaired) electrons. The van der Waals surface area contributed by atoms with Gasteiger partial charge in [0.05, 0.1) is 29.9 Å². The molecule has 8 heteroatoms. The summed E-state index contributed by atoms with van der Waals surface area (Å²) in [5, 5.41) is 16.8. The number of thiazole rings is 1. The molecular formula is C17H18FN3O3S. The van der Waals surface area contributed by atoms with Gasteiger partial charge in [-0.05, 0) is 19.9 Å². The Morgan fingerprint density at radius 2 is 2.12 bits per heavy atom. The Morgan fingerprint density at radius 1 is 1.36 bits per heavy atom. The molecule has 1 saturated heterocycles. The van der Waals surface area contributed by atoms with E-state index in [2.05, 4.69) is 10.1 Å². The maximum atomic E-state index is 15.3. The van der Waals surface area contributed by atoms with Gasteiger partial charge in [-0.2, -0.15) is 0 Å². The number of ether oxygens (including phenoxy) is 1. The van der Waals surface area contributed by atoms with E-state index >= 15 is 4.39 Å². The minimum atomic E-state index is -0.502. The van der Waals surface area contributed by atoms with Crippen molar-refractivity contribution < 1.29 is 18.8 Å². The summed E-state index contributed by atoms with van der Waals surface area (Å²) in [7, 11) is 0. The highest BCUT2D eigenvalue weighted by atomic mass is 32.1. The Labute approximate surface area is 147 Å². The second-order valence-electron chi connectivity index (χ2n) is 6.26. The third-order valence-corrected chi connectivity index (χ3v) is 5.08. The fourth-order valence-electron chi connectivity index (χ4n) is 3.40. The zero-order valence-corrected chi connectivity index (χ0v) is 14.7. The predicted molar refractivity (Wildman–Crippen MR) is 93.2 cm³/mol. The average Bonchev–Trinajstić information content (AvgIpc) is 3.22. The van der Waals surface area contributed by atoms with Gasteiger partial charge in [0.1, 0.15) is 10.7 Å². The molecule has 1 aliphatic heterocycles. The average molecular weight is 363 g/mol. The molecule has 1 aliphatic rings. The Kier molecular flexibility index (Phi) is 4.18. The minimum absolute atomic E-state index is 0.0222. The van der Waals surface area contributed by atoms with Crippen LogP contribution < -0.4 is 4.90 Å². The lowest BCUT2D eigenvalue weighted by Gasteiger charge is -2.37. The molecule has 4 rings (SSSR count). The molecule has 3 aromatic rings. The van der Waals surface area contributed by atoms with E-state index in [4.69, 9.17) is 9.26 Å². The molecule has 25 heavy (non-hydrogen) atoms. The van der Waals surface area contributed by atoms with Crippen LogP contribution >= 0.6 is 11.3 Å². The van der Waals surface area contributed by atoms with E-state index in [1.54, 1.807) is 12.3 Å². The first-order valence-corrected chi connectivity index (χ1v) is 8.98. The van der Waals surface area contributed by atoms with Gasteiger partial charge in [-0.15, -0.1) is 11.3 Å². The summed E-state index contributed by atoms with van der Waals surface area (Å²) in [6.07, 6.45) is 1.62. The molecular weight excluding hydrogens is 345 g/mol. The number of aliphatic hydroxyl groups is 1. The van der Waals surface area contributed by atoms with Crippen LogP contribution in [-0.4, -0.2) is 40.5 Å². The number of rotatable bonds is 3. The fraction of sp³-hybridized carbons (Fsp3) is 0.412. The molecule has 0 bridgehead atoms. The normalized spacial score (nSPS) is 21.2. The summed E-state index contributed by atoms with van der Waals surface area (Å²) in [5.41, 5.74) is 1.45. The summed E-state index contributed by atoms with van der Waals surface area (Å²) in [5.74, 6) is -0.502. The van der Waals surface area contributed by atoms with Crippen molar-refractivity contribution in [3.63, 3.8) is 0 Å². The maximum Gasteiger partial charge on any atom is 0.205 e. The van der Waals surface area contributed by atoms with Crippen LogP contribution in [0.3, 0.4) is 0 Å². The van der Waals surface area contributed by atoms with Crippen molar-refractivity contribution in [3.8, 4) is 10.7 Å². The van der Waals surface area contributed by atoms with Crippen LogP contribution in [0.2, 0.25) is 0 Å². The van der Waals surface area contributed by atoms with E-state index in [9.17, 15) is 5.11 Å². The molecule has 1 N–H and O–H groups in total. The fourth-order valence-corrected chi connectivity index (χ4v) is 4.03. The number of aromatic nitrogens is 2. The SMILES string of the molecule is CC1CN(c2c(CO)cc3c(-c4nccs4)noc3c2F)CC(C)O1. The Morgan fingerprint density at radius 3 is 2.76 bits per heavy atom. The third kappa shape index (κ3) is 2.80. The number of benzene rings is 1. The Hall–Kier alpha value is -2.03. The van der Waals surface area contributed by atoms with Gasteiger partial charge in [0, 0.05) is 30.2 Å². The zero-order chi connectivity index (χ0) is 17.6. The molecule has 0 amide bonds. The van der Waals surface area contributed by atoms with E-state index in [1.807, 2.05) is 24.1 Å². The molecule has 1 fully saturated rings. The van der Waals surface area contributed by atoms with Crippen molar-refractivity contribution >= 4 is 28.0 Å². The van der Waals surface area contributed by atoms with E-state index in [-0.39, 0.29) is 24.4 Å². The molecule has 2 aromatic heterocycles. The van der Waals surface area contributed by atoms with Gasteiger partial charge in [0.25, 0.3) is 0 Å². The van der Waals surface area contributed by atoms with Gasteiger partial charge in [0.2, 0.25) is 5.58 Å². The summed E-state index contributed by atoms with van der Waals surface area (Å²) < 4.78 is 26.3. The standard InChI is InChI=1S/C17H18FN3O3S/c1-9-6-21(7-10(2)23-9)15-11(8-22)5-12-14(17-19-3-4-25-17)20-24-16(12)13(15)18/h3-5,9-10,22H,6-8H2,1-2H3. The van der Waals surface area contributed by atoms with Crippen molar-refractivity contribution in [3.05, 3.63) is 29.0 Å². The Bertz CT molecular complexity index is 886. The van der Waals surface area contributed by atoms with Crippen LogP contribution in [0, 0.1) is 5.82 Å². The minimum Gasteiger partial charge on any atom is -0.392 e. The first kappa shape index (κ1) is 16.4. The number of morpholine rings is 1. The maximum absolute atomic E-state index is 15.3. The van der Waals surface area contributed by atoms with E-state index in [0.717, 1.165) is 0 Å². The monoisotopic (exact) mass is 363 g/mol. The second kappa shape index (κ2) is 6.36. The summed E-state index contributed by atoms with van der Waals surface area (Å²) >= 11 is 1.40. The van der Waals surface area contributed by atoms with E-state index < -0.39 is 5.82 Å².